The third kappa shape index (κ3) is 3.13. The fraction of sp³-hybridized carbons (Fsp3) is 0.462. The predicted molar refractivity (Wildman–Crippen MR) is 66.5 cm³/mol. The van der Waals surface area contributed by atoms with Crippen LogP contribution in [0, 0.1) is 11.3 Å². The Morgan fingerprint density at radius 1 is 1.56 bits per heavy atom. The molecule has 0 bridgehead atoms. The molecule has 1 aromatic rings. The number of nitrogens with one attached hydrogen (secondary N) is 1. The van der Waals surface area contributed by atoms with E-state index in [-0.39, 0.29) is 6.10 Å². The summed E-state index contributed by atoms with van der Waals surface area (Å²) < 4.78 is 15.8. The Hall–Kier alpha value is -1.77. The molecule has 96 valence electrons. The summed E-state index contributed by atoms with van der Waals surface area (Å²) in [5, 5.41) is 12.1. The second kappa shape index (κ2) is 6.24. The van der Waals surface area contributed by atoms with Gasteiger partial charge in [-0.3, -0.25) is 0 Å². The minimum Gasteiger partial charge on any atom is -0.495 e. The molecule has 0 amide bonds. The van der Waals surface area contributed by atoms with E-state index in [0.29, 0.717) is 24.7 Å². The molecule has 1 unspecified atom stereocenters. The van der Waals surface area contributed by atoms with Gasteiger partial charge in [-0.2, -0.15) is 5.26 Å². The molecule has 1 N–H and O–H groups in total. The van der Waals surface area contributed by atoms with Crippen LogP contribution in [0.15, 0.2) is 18.2 Å². The van der Waals surface area contributed by atoms with E-state index in [2.05, 4.69) is 11.4 Å². The molecule has 0 aliphatic carbocycles. The lowest BCUT2D eigenvalue weighted by atomic mass is 10.2. The van der Waals surface area contributed by atoms with Crippen LogP contribution in [0.5, 0.6) is 5.75 Å². The first-order valence-electron chi connectivity index (χ1n) is 5.85. The smallest absolute Gasteiger partial charge is 0.147 e. The van der Waals surface area contributed by atoms with Crippen LogP contribution in [-0.2, 0) is 9.47 Å². The van der Waals surface area contributed by atoms with E-state index >= 15 is 0 Å². The van der Waals surface area contributed by atoms with Gasteiger partial charge < -0.3 is 19.5 Å². The van der Waals surface area contributed by atoms with E-state index in [1.807, 2.05) is 6.07 Å². The predicted octanol–water partition coefficient (Wildman–Crippen LogP) is 1.74. The standard InChI is InChI=1S/C13H16N2O3/c1-16-13-6-10(7-14)2-3-12(13)15-8-11-4-5-17-9-18-11/h2-3,6,11,15H,4-5,8-9H2,1H3. The first-order chi connectivity index (χ1) is 8.83. The lowest BCUT2D eigenvalue weighted by molar-refractivity contribution is -0.133. The fourth-order valence-corrected chi connectivity index (χ4v) is 1.79. The first-order valence-corrected chi connectivity index (χ1v) is 5.85. The summed E-state index contributed by atoms with van der Waals surface area (Å²) in [4.78, 5) is 0. The Bertz CT molecular complexity index is 436. The molecule has 1 aliphatic heterocycles. The van der Waals surface area contributed by atoms with Crippen LogP contribution in [0.25, 0.3) is 0 Å². The van der Waals surface area contributed by atoms with E-state index in [1.165, 1.54) is 0 Å². The Balaban J connectivity index is 1.98. The summed E-state index contributed by atoms with van der Waals surface area (Å²) in [6.07, 6.45) is 1.03. The number of hydrogen-bond donors (Lipinski definition) is 1. The molecule has 18 heavy (non-hydrogen) atoms. The van der Waals surface area contributed by atoms with Gasteiger partial charge in [0.25, 0.3) is 0 Å². The van der Waals surface area contributed by atoms with Gasteiger partial charge in [-0.1, -0.05) is 0 Å². The van der Waals surface area contributed by atoms with Crippen molar-refractivity contribution in [1.29, 1.82) is 5.26 Å². The van der Waals surface area contributed by atoms with Gasteiger partial charge in [0.05, 0.1) is 37.1 Å². The van der Waals surface area contributed by atoms with Gasteiger partial charge in [-0.15, -0.1) is 0 Å². The molecular weight excluding hydrogens is 232 g/mol. The van der Waals surface area contributed by atoms with E-state index in [1.54, 1.807) is 19.2 Å². The molecule has 5 heteroatoms. The van der Waals surface area contributed by atoms with Gasteiger partial charge in [-0.25, -0.2) is 0 Å². The highest BCUT2D eigenvalue weighted by Gasteiger charge is 2.14. The van der Waals surface area contributed by atoms with Gasteiger partial charge in [0.15, 0.2) is 0 Å². The zero-order chi connectivity index (χ0) is 12.8. The molecule has 1 aliphatic rings. The lowest BCUT2D eigenvalue weighted by Gasteiger charge is -2.23. The molecule has 0 aromatic heterocycles. The van der Waals surface area contributed by atoms with Crippen LogP contribution in [0.4, 0.5) is 5.69 Å². The zero-order valence-electron chi connectivity index (χ0n) is 10.3. The molecule has 1 heterocycles. The van der Waals surface area contributed by atoms with Crippen molar-refractivity contribution in [2.45, 2.75) is 12.5 Å². The summed E-state index contributed by atoms with van der Waals surface area (Å²) in [5.41, 5.74) is 1.45. The maximum atomic E-state index is 8.82. The lowest BCUT2D eigenvalue weighted by Crippen LogP contribution is -2.30. The van der Waals surface area contributed by atoms with E-state index in [0.717, 1.165) is 18.7 Å². The van der Waals surface area contributed by atoms with Crippen molar-refractivity contribution in [1.82, 2.24) is 0 Å². The van der Waals surface area contributed by atoms with Crippen molar-refractivity contribution in [2.75, 3.05) is 32.4 Å². The number of ether oxygens (including phenoxy) is 3. The minimum atomic E-state index is 0.152. The summed E-state index contributed by atoms with van der Waals surface area (Å²) in [6.45, 7) is 1.79. The molecule has 2 rings (SSSR count). The van der Waals surface area contributed by atoms with Gasteiger partial charge in [-0.05, 0) is 18.6 Å². The molecule has 1 atom stereocenters. The third-order valence-corrected chi connectivity index (χ3v) is 2.82. The van der Waals surface area contributed by atoms with Gasteiger partial charge in [0.2, 0.25) is 0 Å². The van der Waals surface area contributed by atoms with Gasteiger partial charge >= 0.3 is 0 Å². The maximum absolute atomic E-state index is 8.82. The molecule has 0 saturated carbocycles. The van der Waals surface area contributed by atoms with Crippen LogP contribution < -0.4 is 10.1 Å². The van der Waals surface area contributed by atoms with Gasteiger partial charge in [0, 0.05) is 12.6 Å². The minimum absolute atomic E-state index is 0.152. The van der Waals surface area contributed by atoms with Crippen molar-refractivity contribution in [3.8, 4) is 11.8 Å². The summed E-state index contributed by atoms with van der Waals surface area (Å²) in [6, 6.07) is 7.40. The number of anilines is 1. The Morgan fingerprint density at radius 3 is 3.11 bits per heavy atom. The SMILES string of the molecule is COc1cc(C#N)ccc1NCC1CCOCO1. The summed E-state index contributed by atoms with van der Waals surface area (Å²) >= 11 is 0. The average Bonchev–Trinajstić information content (AvgIpc) is 2.46. The van der Waals surface area contributed by atoms with Crippen molar-refractivity contribution >= 4 is 5.69 Å². The van der Waals surface area contributed by atoms with Crippen LogP contribution in [0.1, 0.15) is 12.0 Å². The quantitative estimate of drug-likeness (QED) is 0.879. The number of rotatable bonds is 4. The number of nitrogens with zero attached hydrogens (tertiary/aromatic N) is 1. The molecule has 1 saturated heterocycles. The molecule has 1 fully saturated rings. The Labute approximate surface area is 106 Å². The largest absolute Gasteiger partial charge is 0.495 e. The van der Waals surface area contributed by atoms with E-state index in [4.69, 9.17) is 19.5 Å². The van der Waals surface area contributed by atoms with Gasteiger partial charge in [0.1, 0.15) is 12.5 Å². The topological polar surface area (TPSA) is 63.5 Å². The van der Waals surface area contributed by atoms with Crippen molar-refractivity contribution in [2.24, 2.45) is 0 Å². The normalized spacial score (nSPS) is 19.0. The van der Waals surface area contributed by atoms with Crippen LogP contribution in [0.2, 0.25) is 0 Å². The highest BCUT2D eigenvalue weighted by atomic mass is 16.7. The molecule has 0 radical (unpaired) electrons. The summed E-state index contributed by atoms with van der Waals surface area (Å²) in [5.74, 6) is 0.668. The fourth-order valence-electron chi connectivity index (χ4n) is 1.79. The van der Waals surface area contributed by atoms with Crippen LogP contribution in [-0.4, -0.2) is 33.2 Å². The zero-order valence-corrected chi connectivity index (χ0v) is 10.3. The van der Waals surface area contributed by atoms with Crippen molar-refractivity contribution in [3.63, 3.8) is 0 Å². The highest BCUT2D eigenvalue weighted by molar-refractivity contribution is 5.59. The third-order valence-electron chi connectivity index (χ3n) is 2.82. The van der Waals surface area contributed by atoms with E-state index < -0.39 is 0 Å². The maximum Gasteiger partial charge on any atom is 0.147 e. The number of hydrogen-bond acceptors (Lipinski definition) is 5. The Morgan fingerprint density at radius 2 is 2.44 bits per heavy atom. The second-order valence-corrected chi connectivity index (χ2v) is 4.01. The average molecular weight is 248 g/mol. The number of benzene rings is 1. The van der Waals surface area contributed by atoms with Crippen molar-refractivity contribution in [3.05, 3.63) is 23.8 Å². The van der Waals surface area contributed by atoms with Crippen LogP contribution >= 0.6 is 0 Å². The monoisotopic (exact) mass is 248 g/mol. The van der Waals surface area contributed by atoms with E-state index in [9.17, 15) is 0 Å². The Kier molecular flexibility index (Phi) is 4.40. The first kappa shape index (κ1) is 12.7. The summed E-state index contributed by atoms with van der Waals surface area (Å²) in [7, 11) is 1.59. The molecular formula is C13H16N2O3. The number of nitriles is 1. The van der Waals surface area contributed by atoms with Crippen LogP contribution in [0.3, 0.4) is 0 Å². The molecule has 0 spiro atoms. The number of methoxy groups -OCH3 is 1. The molecule has 1 aromatic carbocycles. The second-order valence-electron chi connectivity index (χ2n) is 4.01. The van der Waals surface area contributed by atoms with Crippen molar-refractivity contribution < 1.29 is 14.2 Å². The molecule has 5 nitrogen and oxygen atoms in total. The highest BCUT2D eigenvalue weighted by Crippen LogP contribution is 2.25.